The number of carboxylic acid groups (broad SMARTS) is 1. The third-order valence-electron chi connectivity index (χ3n) is 2.84. The first-order chi connectivity index (χ1) is 9.97. The number of hydrogen-bond acceptors (Lipinski definition) is 4. The Hall–Kier alpha value is -2.67. The summed E-state index contributed by atoms with van der Waals surface area (Å²) in [6, 6.07) is 9.04. The second-order valence-corrected chi connectivity index (χ2v) is 4.42. The minimum atomic E-state index is -1.37. The number of benzene rings is 1. The van der Waals surface area contributed by atoms with Gasteiger partial charge in [-0.3, -0.25) is 9.59 Å². The molecule has 0 fully saturated rings. The standard InChI is InChI=1S/C14H13N3O4.ClH/c15-12(18)7-11(14(20)21)17-13(19)10-6-5-8-3-1-2-4-9(8)16-10;/h1-6,11H,7H2,(H2,15,18)(H,17,19)(H,20,21);1H/t11-;/m0./s1. The summed E-state index contributed by atoms with van der Waals surface area (Å²) in [4.78, 5) is 37.9. The third kappa shape index (κ3) is 4.16. The van der Waals surface area contributed by atoms with E-state index in [2.05, 4.69) is 10.3 Å². The third-order valence-corrected chi connectivity index (χ3v) is 2.84. The van der Waals surface area contributed by atoms with Gasteiger partial charge in [-0.25, -0.2) is 9.78 Å². The molecule has 8 heteroatoms. The van der Waals surface area contributed by atoms with Crippen molar-refractivity contribution in [2.45, 2.75) is 12.5 Å². The Bertz CT molecular complexity index is 720. The zero-order valence-electron chi connectivity index (χ0n) is 11.4. The maximum atomic E-state index is 12.0. The number of aliphatic carboxylic acids is 1. The molecule has 0 aliphatic rings. The molecule has 0 aliphatic carbocycles. The van der Waals surface area contributed by atoms with Crippen LogP contribution in [0.25, 0.3) is 10.9 Å². The van der Waals surface area contributed by atoms with Gasteiger partial charge >= 0.3 is 5.97 Å². The molecule has 0 aliphatic heterocycles. The number of nitrogens with zero attached hydrogens (tertiary/aromatic N) is 1. The zero-order chi connectivity index (χ0) is 15.4. The molecule has 7 nitrogen and oxygen atoms in total. The first-order valence-electron chi connectivity index (χ1n) is 6.15. The van der Waals surface area contributed by atoms with E-state index in [1.807, 2.05) is 12.1 Å². The van der Waals surface area contributed by atoms with Crippen LogP contribution in [-0.2, 0) is 9.59 Å². The lowest BCUT2D eigenvalue weighted by molar-refractivity contribution is -0.140. The lowest BCUT2D eigenvalue weighted by atomic mass is 10.1. The van der Waals surface area contributed by atoms with Crippen molar-refractivity contribution in [3.8, 4) is 0 Å². The van der Waals surface area contributed by atoms with Gasteiger partial charge in [0.15, 0.2) is 0 Å². The van der Waals surface area contributed by atoms with E-state index in [1.165, 1.54) is 6.07 Å². The maximum absolute atomic E-state index is 12.0. The molecule has 0 bridgehead atoms. The lowest BCUT2D eigenvalue weighted by Crippen LogP contribution is -2.43. The lowest BCUT2D eigenvalue weighted by Gasteiger charge is -2.12. The Morgan fingerprint density at radius 2 is 1.86 bits per heavy atom. The number of halogens is 1. The Morgan fingerprint density at radius 1 is 1.18 bits per heavy atom. The van der Waals surface area contributed by atoms with Crippen LogP contribution >= 0.6 is 12.4 Å². The fraction of sp³-hybridized carbons (Fsp3) is 0.143. The summed E-state index contributed by atoms with van der Waals surface area (Å²) >= 11 is 0. The number of carbonyl (C=O) groups is 3. The second kappa shape index (κ2) is 7.37. The summed E-state index contributed by atoms with van der Waals surface area (Å²) in [7, 11) is 0. The zero-order valence-corrected chi connectivity index (χ0v) is 12.2. The molecule has 0 saturated heterocycles. The van der Waals surface area contributed by atoms with Gasteiger partial charge in [0.25, 0.3) is 5.91 Å². The predicted octanol–water partition coefficient (Wildman–Crippen LogP) is 0.715. The SMILES string of the molecule is Cl.NC(=O)C[C@H](NC(=O)c1ccc2ccccc2n1)C(=O)O. The molecule has 1 heterocycles. The molecule has 1 atom stereocenters. The van der Waals surface area contributed by atoms with Crippen molar-refractivity contribution in [1.82, 2.24) is 10.3 Å². The van der Waals surface area contributed by atoms with Crippen LogP contribution in [-0.4, -0.2) is 33.9 Å². The smallest absolute Gasteiger partial charge is 0.326 e. The quantitative estimate of drug-likeness (QED) is 0.748. The van der Waals surface area contributed by atoms with Crippen molar-refractivity contribution in [1.29, 1.82) is 0 Å². The Balaban J connectivity index is 0.00000242. The van der Waals surface area contributed by atoms with E-state index in [9.17, 15) is 14.4 Å². The van der Waals surface area contributed by atoms with Crippen LogP contribution in [0.4, 0.5) is 0 Å². The van der Waals surface area contributed by atoms with Gasteiger partial charge in [-0.1, -0.05) is 24.3 Å². The van der Waals surface area contributed by atoms with E-state index in [4.69, 9.17) is 10.8 Å². The summed E-state index contributed by atoms with van der Waals surface area (Å²) < 4.78 is 0. The highest BCUT2D eigenvalue weighted by Gasteiger charge is 2.23. The largest absolute Gasteiger partial charge is 0.480 e. The number of fused-ring (bicyclic) bond motifs is 1. The summed E-state index contributed by atoms with van der Waals surface area (Å²) in [6.45, 7) is 0. The first-order valence-corrected chi connectivity index (χ1v) is 6.15. The molecule has 0 spiro atoms. The molecule has 2 rings (SSSR count). The number of carbonyl (C=O) groups excluding carboxylic acids is 2. The van der Waals surface area contributed by atoms with Gasteiger partial charge in [-0.05, 0) is 12.1 Å². The van der Waals surface area contributed by atoms with Crippen LogP contribution in [0.5, 0.6) is 0 Å². The molecule has 4 N–H and O–H groups in total. The highest BCUT2D eigenvalue weighted by atomic mass is 35.5. The molecule has 116 valence electrons. The van der Waals surface area contributed by atoms with E-state index < -0.39 is 30.2 Å². The van der Waals surface area contributed by atoms with Crippen LogP contribution in [0.3, 0.4) is 0 Å². The number of pyridine rings is 1. The molecule has 0 saturated carbocycles. The number of nitrogens with one attached hydrogen (secondary N) is 1. The average Bonchev–Trinajstić information content (AvgIpc) is 2.45. The van der Waals surface area contributed by atoms with Crippen LogP contribution in [0.2, 0.25) is 0 Å². The van der Waals surface area contributed by atoms with Gasteiger partial charge < -0.3 is 16.2 Å². The topological polar surface area (TPSA) is 122 Å². The molecular weight excluding hydrogens is 310 g/mol. The molecule has 1 aromatic carbocycles. The fourth-order valence-corrected chi connectivity index (χ4v) is 1.83. The Morgan fingerprint density at radius 3 is 2.50 bits per heavy atom. The van der Waals surface area contributed by atoms with Crippen molar-refractivity contribution < 1.29 is 19.5 Å². The summed E-state index contributed by atoms with van der Waals surface area (Å²) in [5.41, 5.74) is 5.64. The average molecular weight is 324 g/mol. The molecule has 0 radical (unpaired) electrons. The number of carboxylic acids is 1. The summed E-state index contributed by atoms with van der Waals surface area (Å²) in [5.74, 6) is -2.81. The van der Waals surface area contributed by atoms with Crippen LogP contribution in [0.15, 0.2) is 36.4 Å². The summed E-state index contributed by atoms with van der Waals surface area (Å²) in [6.07, 6.45) is -0.478. The highest BCUT2D eigenvalue weighted by Crippen LogP contribution is 2.11. The molecule has 2 aromatic rings. The summed E-state index contributed by atoms with van der Waals surface area (Å²) in [5, 5.41) is 12.0. The number of hydrogen-bond donors (Lipinski definition) is 3. The fourth-order valence-electron chi connectivity index (χ4n) is 1.83. The van der Waals surface area contributed by atoms with Gasteiger partial charge in [0.1, 0.15) is 11.7 Å². The highest BCUT2D eigenvalue weighted by molar-refractivity contribution is 5.97. The Labute approximate surface area is 131 Å². The van der Waals surface area contributed by atoms with E-state index in [0.29, 0.717) is 5.52 Å². The number of amides is 2. The van der Waals surface area contributed by atoms with Gasteiger partial charge in [-0.2, -0.15) is 0 Å². The number of rotatable bonds is 5. The molecule has 22 heavy (non-hydrogen) atoms. The Kier molecular flexibility index (Phi) is 5.82. The van der Waals surface area contributed by atoms with E-state index >= 15 is 0 Å². The molecule has 0 unspecified atom stereocenters. The number of nitrogens with two attached hydrogens (primary N) is 1. The van der Waals surface area contributed by atoms with Gasteiger partial charge in [0.2, 0.25) is 5.91 Å². The number of aromatic nitrogens is 1. The minimum Gasteiger partial charge on any atom is -0.480 e. The van der Waals surface area contributed by atoms with Crippen LogP contribution < -0.4 is 11.1 Å². The van der Waals surface area contributed by atoms with E-state index in [-0.39, 0.29) is 18.1 Å². The van der Waals surface area contributed by atoms with E-state index in [1.54, 1.807) is 18.2 Å². The number of para-hydroxylation sites is 1. The van der Waals surface area contributed by atoms with Crippen LogP contribution in [0.1, 0.15) is 16.9 Å². The van der Waals surface area contributed by atoms with Crippen LogP contribution in [0, 0.1) is 0 Å². The predicted molar refractivity (Wildman–Crippen MR) is 81.7 cm³/mol. The first kappa shape index (κ1) is 17.4. The van der Waals surface area contributed by atoms with E-state index in [0.717, 1.165) is 5.39 Å². The monoisotopic (exact) mass is 323 g/mol. The van der Waals surface area contributed by atoms with Crippen molar-refractivity contribution in [2.24, 2.45) is 5.73 Å². The van der Waals surface area contributed by atoms with Crippen molar-refractivity contribution >= 4 is 41.1 Å². The number of primary amides is 1. The minimum absolute atomic E-state index is 0. The molecule has 2 amide bonds. The van der Waals surface area contributed by atoms with Gasteiger partial charge in [-0.15, -0.1) is 12.4 Å². The second-order valence-electron chi connectivity index (χ2n) is 4.42. The van der Waals surface area contributed by atoms with Gasteiger partial charge in [0.05, 0.1) is 11.9 Å². The van der Waals surface area contributed by atoms with Crippen molar-refractivity contribution in [3.63, 3.8) is 0 Å². The normalized spacial score (nSPS) is 11.3. The molecule has 1 aromatic heterocycles. The maximum Gasteiger partial charge on any atom is 0.326 e. The molecular formula is C14H14ClN3O4. The van der Waals surface area contributed by atoms with Crippen molar-refractivity contribution in [2.75, 3.05) is 0 Å². The van der Waals surface area contributed by atoms with Crippen molar-refractivity contribution in [3.05, 3.63) is 42.1 Å². The van der Waals surface area contributed by atoms with Gasteiger partial charge in [0, 0.05) is 5.39 Å².